The molecule has 0 aliphatic rings. The fourth-order valence-electron chi connectivity index (χ4n) is 1.56. The molecule has 2 rings (SSSR count). The van der Waals surface area contributed by atoms with Crippen LogP contribution in [0.1, 0.15) is 0 Å². The van der Waals surface area contributed by atoms with Crippen molar-refractivity contribution in [3.63, 3.8) is 0 Å². The van der Waals surface area contributed by atoms with Gasteiger partial charge in [-0.1, -0.05) is 0 Å². The van der Waals surface area contributed by atoms with Gasteiger partial charge in [0.15, 0.2) is 5.82 Å². The maximum Gasteiger partial charge on any atom is 0.161 e. The summed E-state index contributed by atoms with van der Waals surface area (Å²) in [5.41, 5.74) is 1.74. The Kier molecular flexibility index (Phi) is 3.38. The van der Waals surface area contributed by atoms with Crippen LogP contribution in [0.25, 0.3) is 11.0 Å². The van der Waals surface area contributed by atoms with Crippen LogP contribution in [0.4, 0.5) is 5.82 Å². The maximum atomic E-state index is 5.19. The third-order valence-electron chi connectivity index (χ3n) is 2.44. The fourth-order valence-corrected chi connectivity index (χ4v) is 2.16. The second-order valence-corrected chi connectivity index (χ2v) is 4.60. The molecule has 0 aliphatic carbocycles. The van der Waals surface area contributed by atoms with E-state index < -0.39 is 0 Å². The van der Waals surface area contributed by atoms with Crippen LogP contribution in [0, 0.1) is 0 Å². The molecule has 0 unspecified atom stereocenters. The van der Waals surface area contributed by atoms with E-state index >= 15 is 0 Å². The van der Waals surface area contributed by atoms with Gasteiger partial charge in [0.2, 0.25) is 0 Å². The number of nitrogens with zero attached hydrogens (tertiary/aromatic N) is 3. The van der Waals surface area contributed by atoms with Crippen LogP contribution in [0.5, 0.6) is 5.75 Å². The summed E-state index contributed by atoms with van der Waals surface area (Å²) in [6.07, 6.45) is 2.00. The van der Waals surface area contributed by atoms with Gasteiger partial charge < -0.3 is 9.64 Å². The van der Waals surface area contributed by atoms with Gasteiger partial charge in [-0.05, 0) is 18.4 Å². The molecule has 1 aromatic heterocycles. The third kappa shape index (κ3) is 2.29. The highest BCUT2D eigenvalue weighted by Gasteiger charge is 2.10. The summed E-state index contributed by atoms with van der Waals surface area (Å²) in [5, 5.41) is 0.927. The summed E-state index contributed by atoms with van der Waals surface area (Å²) in [6.45, 7) is 0. The van der Waals surface area contributed by atoms with Gasteiger partial charge in [0.25, 0.3) is 0 Å². The lowest BCUT2D eigenvalue weighted by Gasteiger charge is -2.15. The van der Waals surface area contributed by atoms with Crippen molar-refractivity contribution in [3.8, 4) is 5.75 Å². The molecule has 2 aromatic rings. The molecule has 0 atom stereocenters. The number of anilines is 1. The summed E-state index contributed by atoms with van der Waals surface area (Å²) >= 11 is 1.60. The lowest BCUT2D eigenvalue weighted by Crippen LogP contribution is -2.12. The largest absolute Gasteiger partial charge is 0.497 e. The first kappa shape index (κ1) is 12.0. The number of rotatable bonds is 3. The van der Waals surface area contributed by atoms with Crippen molar-refractivity contribution in [1.82, 2.24) is 9.97 Å². The first-order chi connectivity index (χ1) is 8.15. The van der Waals surface area contributed by atoms with Crippen molar-refractivity contribution in [3.05, 3.63) is 18.2 Å². The van der Waals surface area contributed by atoms with Gasteiger partial charge in [-0.15, -0.1) is 11.8 Å². The summed E-state index contributed by atoms with van der Waals surface area (Å²) in [5.74, 6) is 1.70. The lowest BCUT2D eigenvalue weighted by molar-refractivity contribution is 0.415. The van der Waals surface area contributed by atoms with E-state index in [0.29, 0.717) is 0 Å². The first-order valence-corrected chi connectivity index (χ1v) is 6.45. The van der Waals surface area contributed by atoms with Gasteiger partial charge in [-0.3, -0.25) is 0 Å². The van der Waals surface area contributed by atoms with Crippen molar-refractivity contribution in [2.75, 3.05) is 32.4 Å². The van der Waals surface area contributed by atoms with Crippen molar-refractivity contribution >= 4 is 28.6 Å². The van der Waals surface area contributed by atoms with Crippen molar-refractivity contribution in [2.24, 2.45) is 0 Å². The molecule has 1 aromatic carbocycles. The zero-order chi connectivity index (χ0) is 12.4. The van der Waals surface area contributed by atoms with E-state index in [1.54, 1.807) is 18.9 Å². The second-order valence-electron chi connectivity index (χ2n) is 3.81. The molecule has 0 N–H and O–H groups in total. The Hall–Kier alpha value is -1.49. The smallest absolute Gasteiger partial charge is 0.161 e. The first-order valence-electron chi connectivity index (χ1n) is 5.23. The molecule has 0 spiro atoms. The van der Waals surface area contributed by atoms with E-state index in [1.807, 2.05) is 43.5 Å². The fraction of sp³-hybridized carbons (Fsp3) is 0.333. The van der Waals surface area contributed by atoms with E-state index in [1.165, 1.54) is 0 Å². The molecule has 0 aliphatic heterocycles. The minimum absolute atomic E-state index is 0.802. The molecule has 90 valence electrons. The molecular formula is C12H15N3OS. The molecule has 0 fully saturated rings. The molecule has 17 heavy (non-hydrogen) atoms. The van der Waals surface area contributed by atoms with Crippen molar-refractivity contribution in [2.45, 2.75) is 5.03 Å². The maximum absolute atomic E-state index is 5.19. The Bertz CT molecular complexity index is 543. The predicted molar refractivity (Wildman–Crippen MR) is 72.2 cm³/mol. The standard InChI is InChI=1S/C12H15N3OS/c1-15(2)11-12(17-4)14-10-7-8(16-3)5-6-9(10)13-11/h5-7H,1-4H3. The minimum Gasteiger partial charge on any atom is -0.497 e. The summed E-state index contributed by atoms with van der Waals surface area (Å²) in [7, 11) is 5.59. The van der Waals surface area contributed by atoms with Crippen LogP contribution in [0.15, 0.2) is 23.2 Å². The van der Waals surface area contributed by atoms with Crippen LogP contribution >= 0.6 is 11.8 Å². The van der Waals surface area contributed by atoms with Crippen LogP contribution in [-0.2, 0) is 0 Å². The van der Waals surface area contributed by atoms with E-state index in [-0.39, 0.29) is 0 Å². The Morgan fingerprint density at radius 2 is 1.94 bits per heavy atom. The second kappa shape index (κ2) is 4.79. The number of ether oxygens (including phenoxy) is 1. The average molecular weight is 249 g/mol. The molecule has 0 saturated carbocycles. The van der Waals surface area contributed by atoms with Crippen LogP contribution in [-0.4, -0.2) is 37.4 Å². The topological polar surface area (TPSA) is 38.2 Å². The Balaban J connectivity index is 2.65. The van der Waals surface area contributed by atoms with Gasteiger partial charge in [0, 0.05) is 20.2 Å². The minimum atomic E-state index is 0.802. The van der Waals surface area contributed by atoms with E-state index in [0.717, 1.165) is 27.6 Å². The van der Waals surface area contributed by atoms with Crippen molar-refractivity contribution < 1.29 is 4.74 Å². The number of benzene rings is 1. The molecule has 0 amide bonds. The van der Waals surface area contributed by atoms with E-state index in [9.17, 15) is 0 Å². The van der Waals surface area contributed by atoms with Gasteiger partial charge in [0.1, 0.15) is 10.8 Å². The van der Waals surface area contributed by atoms with Crippen molar-refractivity contribution in [1.29, 1.82) is 0 Å². The molecular weight excluding hydrogens is 234 g/mol. The number of hydrogen-bond acceptors (Lipinski definition) is 5. The third-order valence-corrected chi connectivity index (χ3v) is 3.10. The summed E-state index contributed by atoms with van der Waals surface area (Å²) in [4.78, 5) is 11.2. The van der Waals surface area contributed by atoms with Crippen LogP contribution in [0.3, 0.4) is 0 Å². The molecule has 4 nitrogen and oxygen atoms in total. The highest BCUT2D eigenvalue weighted by Crippen LogP contribution is 2.27. The zero-order valence-electron chi connectivity index (χ0n) is 10.4. The molecule has 0 radical (unpaired) electrons. The molecule has 1 heterocycles. The van der Waals surface area contributed by atoms with Crippen LogP contribution < -0.4 is 9.64 Å². The Morgan fingerprint density at radius 1 is 1.18 bits per heavy atom. The summed E-state index contributed by atoms with van der Waals surface area (Å²) < 4.78 is 5.19. The highest BCUT2D eigenvalue weighted by atomic mass is 32.2. The predicted octanol–water partition coefficient (Wildman–Crippen LogP) is 2.43. The normalized spacial score (nSPS) is 10.6. The lowest BCUT2D eigenvalue weighted by atomic mass is 10.3. The molecule has 5 heteroatoms. The molecule has 0 bridgehead atoms. The zero-order valence-corrected chi connectivity index (χ0v) is 11.2. The van der Waals surface area contributed by atoms with Gasteiger partial charge in [-0.25, -0.2) is 9.97 Å². The number of thioether (sulfide) groups is 1. The number of aromatic nitrogens is 2. The average Bonchev–Trinajstić information content (AvgIpc) is 2.36. The van der Waals surface area contributed by atoms with Gasteiger partial charge in [0.05, 0.1) is 18.1 Å². The quantitative estimate of drug-likeness (QED) is 0.781. The van der Waals surface area contributed by atoms with E-state index in [4.69, 9.17) is 4.74 Å². The number of fused-ring (bicyclic) bond motifs is 1. The molecule has 0 saturated heterocycles. The van der Waals surface area contributed by atoms with Gasteiger partial charge >= 0.3 is 0 Å². The van der Waals surface area contributed by atoms with E-state index in [2.05, 4.69) is 9.97 Å². The van der Waals surface area contributed by atoms with Crippen LogP contribution in [0.2, 0.25) is 0 Å². The Morgan fingerprint density at radius 3 is 2.53 bits per heavy atom. The number of hydrogen-bond donors (Lipinski definition) is 0. The van der Waals surface area contributed by atoms with Gasteiger partial charge in [-0.2, -0.15) is 0 Å². The number of methoxy groups -OCH3 is 1. The highest BCUT2D eigenvalue weighted by molar-refractivity contribution is 7.98. The summed E-state index contributed by atoms with van der Waals surface area (Å²) in [6, 6.07) is 5.73. The SMILES string of the molecule is COc1ccc2nc(N(C)C)c(SC)nc2c1. The monoisotopic (exact) mass is 249 g/mol. The Labute approximate surface area is 105 Å².